The fourth-order valence-electron chi connectivity index (χ4n) is 4.18. The summed E-state index contributed by atoms with van der Waals surface area (Å²) in [5.41, 5.74) is 6.84. The first-order valence-corrected chi connectivity index (χ1v) is 8.33. The maximum absolute atomic E-state index is 6.05. The summed E-state index contributed by atoms with van der Waals surface area (Å²) in [5, 5.41) is 0. The lowest BCUT2D eigenvalue weighted by atomic mass is 9.79. The first-order valence-electron chi connectivity index (χ1n) is 8.33. The van der Waals surface area contributed by atoms with Gasteiger partial charge in [0.05, 0.1) is 5.69 Å². The third kappa shape index (κ3) is 3.31. The predicted octanol–water partition coefficient (Wildman–Crippen LogP) is 2.61. The summed E-state index contributed by atoms with van der Waals surface area (Å²) < 4.78 is 0. The lowest BCUT2D eigenvalue weighted by Gasteiger charge is -2.43. The molecule has 0 bridgehead atoms. The summed E-state index contributed by atoms with van der Waals surface area (Å²) in [7, 11) is 0. The summed E-state index contributed by atoms with van der Waals surface area (Å²) in [6, 6.07) is 4.63. The number of nitrogens with zero attached hydrogens (tertiary/aromatic N) is 3. The third-order valence-electron chi connectivity index (χ3n) is 5.10. The third-order valence-corrected chi connectivity index (χ3v) is 5.10. The zero-order valence-corrected chi connectivity index (χ0v) is 13.3. The molecule has 2 heterocycles. The first-order chi connectivity index (χ1) is 10.1. The number of anilines is 2. The van der Waals surface area contributed by atoms with Crippen molar-refractivity contribution >= 4 is 11.5 Å². The molecule has 3 rings (SSSR count). The van der Waals surface area contributed by atoms with E-state index in [2.05, 4.69) is 28.6 Å². The monoisotopic (exact) mass is 288 g/mol. The Morgan fingerprint density at radius 2 is 1.71 bits per heavy atom. The van der Waals surface area contributed by atoms with E-state index >= 15 is 0 Å². The van der Waals surface area contributed by atoms with Gasteiger partial charge in [-0.15, -0.1) is 0 Å². The number of aromatic nitrogens is 1. The van der Waals surface area contributed by atoms with E-state index in [1.54, 1.807) is 0 Å². The summed E-state index contributed by atoms with van der Waals surface area (Å²) in [6.07, 6.45) is 5.98. The second-order valence-electron chi connectivity index (χ2n) is 7.01. The molecule has 2 N–H and O–H groups in total. The van der Waals surface area contributed by atoms with E-state index in [9.17, 15) is 0 Å². The molecule has 4 nitrogen and oxygen atoms in total. The van der Waals surface area contributed by atoms with Crippen LogP contribution in [0, 0.1) is 11.8 Å². The highest BCUT2D eigenvalue weighted by Crippen LogP contribution is 2.32. The van der Waals surface area contributed by atoms with Gasteiger partial charge in [-0.3, -0.25) is 4.90 Å². The summed E-state index contributed by atoms with van der Waals surface area (Å²) >= 11 is 0. The maximum Gasteiger partial charge on any atom is 0.151 e. The molecule has 1 saturated carbocycles. The lowest BCUT2D eigenvalue weighted by molar-refractivity contribution is 0.104. The molecule has 1 aromatic rings. The Balaban J connectivity index is 1.59. The topological polar surface area (TPSA) is 45.4 Å². The van der Waals surface area contributed by atoms with Crippen molar-refractivity contribution in [1.29, 1.82) is 0 Å². The van der Waals surface area contributed by atoms with Crippen LogP contribution in [-0.2, 0) is 0 Å². The average molecular weight is 288 g/mol. The zero-order valence-electron chi connectivity index (χ0n) is 13.3. The van der Waals surface area contributed by atoms with Crippen LogP contribution < -0.4 is 10.6 Å². The molecule has 116 valence electrons. The van der Waals surface area contributed by atoms with Crippen LogP contribution in [0.2, 0.25) is 0 Å². The number of nitrogens with two attached hydrogens (primary N) is 1. The van der Waals surface area contributed by atoms with Crippen molar-refractivity contribution in [3.8, 4) is 0 Å². The van der Waals surface area contributed by atoms with Gasteiger partial charge in [0.15, 0.2) is 5.82 Å². The van der Waals surface area contributed by atoms with Crippen molar-refractivity contribution in [3.05, 3.63) is 18.3 Å². The highest BCUT2D eigenvalue weighted by Gasteiger charge is 2.30. The lowest BCUT2D eigenvalue weighted by Crippen LogP contribution is -2.52. The van der Waals surface area contributed by atoms with Crippen LogP contribution in [0.1, 0.15) is 33.1 Å². The number of hydrogen-bond donors (Lipinski definition) is 1. The Morgan fingerprint density at radius 3 is 2.33 bits per heavy atom. The molecule has 2 atom stereocenters. The quantitative estimate of drug-likeness (QED) is 0.908. The van der Waals surface area contributed by atoms with Crippen LogP contribution in [0.4, 0.5) is 11.5 Å². The SMILES string of the molecule is CC1CC(C)CC(N2CCN(c3ncccc3N)CC2)C1. The van der Waals surface area contributed by atoms with Crippen molar-refractivity contribution in [3.63, 3.8) is 0 Å². The van der Waals surface area contributed by atoms with Crippen LogP contribution in [0.3, 0.4) is 0 Å². The van der Waals surface area contributed by atoms with E-state index in [-0.39, 0.29) is 0 Å². The average Bonchev–Trinajstić information content (AvgIpc) is 2.47. The van der Waals surface area contributed by atoms with Crippen LogP contribution >= 0.6 is 0 Å². The Labute approximate surface area is 128 Å². The van der Waals surface area contributed by atoms with Crippen LogP contribution in [-0.4, -0.2) is 42.1 Å². The van der Waals surface area contributed by atoms with E-state index < -0.39 is 0 Å². The predicted molar refractivity (Wildman–Crippen MR) is 88.4 cm³/mol. The standard InChI is InChI=1S/C17H28N4/c1-13-10-14(2)12-15(11-13)20-6-8-21(9-7-20)17-16(18)4-3-5-19-17/h3-5,13-15H,6-12,18H2,1-2H3. The van der Waals surface area contributed by atoms with Crippen molar-refractivity contribution in [2.75, 3.05) is 36.8 Å². The van der Waals surface area contributed by atoms with Crippen LogP contribution in [0.5, 0.6) is 0 Å². The second-order valence-corrected chi connectivity index (χ2v) is 7.01. The minimum atomic E-state index is 0.784. The van der Waals surface area contributed by atoms with Crippen LogP contribution in [0.15, 0.2) is 18.3 Å². The fourth-order valence-corrected chi connectivity index (χ4v) is 4.18. The molecule has 0 spiro atoms. The van der Waals surface area contributed by atoms with Gasteiger partial charge >= 0.3 is 0 Å². The van der Waals surface area contributed by atoms with Crippen LogP contribution in [0.25, 0.3) is 0 Å². The van der Waals surface area contributed by atoms with Gasteiger partial charge in [0.2, 0.25) is 0 Å². The summed E-state index contributed by atoms with van der Waals surface area (Å²) in [5.74, 6) is 2.72. The van der Waals surface area contributed by atoms with Crippen molar-refractivity contribution in [1.82, 2.24) is 9.88 Å². The fraction of sp³-hybridized carbons (Fsp3) is 0.706. The molecule has 4 heteroatoms. The van der Waals surface area contributed by atoms with E-state index in [4.69, 9.17) is 5.73 Å². The van der Waals surface area contributed by atoms with Crippen molar-refractivity contribution in [2.24, 2.45) is 11.8 Å². The number of pyridine rings is 1. The van der Waals surface area contributed by atoms with Gasteiger partial charge in [0.1, 0.15) is 0 Å². The van der Waals surface area contributed by atoms with Gasteiger partial charge in [-0.1, -0.05) is 13.8 Å². The normalized spacial score (nSPS) is 31.3. The molecular formula is C17H28N4. The molecule has 1 aromatic heterocycles. The van der Waals surface area contributed by atoms with E-state index in [1.165, 1.54) is 19.3 Å². The van der Waals surface area contributed by atoms with E-state index in [0.717, 1.165) is 55.6 Å². The highest BCUT2D eigenvalue weighted by atomic mass is 15.3. The number of piperazine rings is 1. The number of rotatable bonds is 2. The maximum atomic E-state index is 6.05. The summed E-state index contributed by atoms with van der Waals surface area (Å²) in [6.45, 7) is 9.18. The number of nitrogen functional groups attached to an aromatic ring is 1. The van der Waals surface area contributed by atoms with Crippen molar-refractivity contribution < 1.29 is 0 Å². The molecule has 1 aliphatic heterocycles. The van der Waals surface area contributed by atoms with Gasteiger partial charge < -0.3 is 10.6 Å². The Hall–Kier alpha value is -1.29. The highest BCUT2D eigenvalue weighted by molar-refractivity contribution is 5.62. The van der Waals surface area contributed by atoms with Crippen molar-refractivity contribution in [2.45, 2.75) is 39.2 Å². The Bertz CT molecular complexity index is 458. The van der Waals surface area contributed by atoms with Gasteiger partial charge in [-0.05, 0) is 43.2 Å². The molecule has 0 amide bonds. The molecule has 2 fully saturated rings. The van der Waals surface area contributed by atoms with Gasteiger partial charge in [-0.25, -0.2) is 4.98 Å². The number of hydrogen-bond acceptors (Lipinski definition) is 4. The summed E-state index contributed by atoms with van der Waals surface area (Å²) in [4.78, 5) is 9.48. The van der Waals surface area contributed by atoms with Gasteiger partial charge in [0.25, 0.3) is 0 Å². The Morgan fingerprint density at radius 1 is 1.05 bits per heavy atom. The largest absolute Gasteiger partial charge is 0.396 e. The second kappa shape index (κ2) is 6.22. The van der Waals surface area contributed by atoms with Gasteiger partial charge in [-0.2, -0.15) is 0 Å². The minimum Gasteiger partial charge on any atom is -0.396 e. The Kier molecular flexibility index (Phi) is 4.34. The molecule has 0 aromatic carbocycles. The molecule has 1 aliphatic carbocycles. The van der Waals surface area contributed by atoms with E-state index in [1.807, 2.05) is 18.3 Å². The first kappa shape index (κ1) is 14.6. The molecule has 0 radical (unpaired) electrons. The van der Waals surface area contributed by atoms with Gasteiger partial charge in [0, 0.05) is 38.4 Å². The smallest absolute Gasteiger partial charge is 0.151 e. The van der Waals surface area contributed by atoms with E-state index in [0.29, 0.717) is 0 Å². The zero-order chi connectivity index (χ0) is 14.8. The molecule has 1 saturated heterocycles. The molecule has 2 unspecified atom stereocenters. The minimum absolute atomic E-state index is 0.784. The molecule has 21 heavy (non-hydrogen) atoms. The molecular weight excluding hydrogens is 260 g/mol. The molecule has 2 aliphatic rings.